The van der Waals surface area contributed by atoms with Gasteiger partial charge in [-0.15, -0.1) is 0 Å². The normalized spacial score (nSPS) is 12.9. The molecule has 0 aliphatic heterocycles. The van der Waals surface area contributed by atoms with Gasteiger partial charge in [-0.05, 0) is 38.5 Å². The van der Waals surface area contributed by atoms with Crippen LogP contribution in [0.4, 0.5) is 0 Å². The van der Waals surface area contributed by atoms with Gasteiger partial charge in [-0.2, -0.15) is 0 Å². The smallest absolute Gasteiger partial charge is 0.0731 e. The molecule has 0 aliphatic carbocycles. The molecule has 5 heteroatoms. The lowest BCUT2D eigenvalue weighted by Crippen LogP contribution is -2.46. The molecular formula is C14H30O5. The maximum atomic E-state index is 9.23. The van der Waals surface area contributed by atoms with E-state index in [0.29, 0.717) is 38.5 Å². The summed E-state index contributed by atoms with van der Waals surface area (Å²) < 4.78 is 6.25. The Balaban J connectivity index is 5.08. The molecule has 0 bridgehead atoms. The zero-order valence-electron chi connectivity index (χ0n) is 12.3. The summed E-state index contributed by atoms with van der Waals surface area (Å²) in [5.41, 5.74) is -1.19. The van der Waals surface area contributed by atoms with E-state index in [1.807, 2.05) is 13.8 Å². The summed E-state index contributed by atoms with van der Waals surface area (Å²) in [7, 11) is 0. The van der Waals surface area contributed by atoms with Gasteiger partial charge in [-0.1, -0.05) is 13.8 Å². The standard InChI is InChI=1S/C14H30O5/c1-3-13(5-9-15,6-10-16)19-14(4-2,7-11-17)8-12-18/h15-18H,3-12H2,1-2H3. The van der Waals surface area contributed by atoms with Crippen LogP contribution in [-0.2, 0) is 4.74 Å². The van der Waals surface area contributed by atoms with Crippen LogP contribution in [0, 0.1) is 0 Å². The largest absolute Gasteiger partial charge is 0.396 e. The van der Waals surface area contributed by atoms with Crippen molar-refractivity contribution >= 4 is 0 Å². The molecule has 0 radical (unpaired) electrons. The van der Waals surface area contributed by atoms with Gasteiger partial charge >= 0.3 is 0 Å². The Bertz CT molecular complexity index is 186. The minimum absolute atomic E-state index is 0.00805. The molecule has 4 N–H and O–H groups in total. The highest BCUT2D eigenvalue weighted by molar-refractivity contribution is 4.88. The lowest BCUT2D eigenvalue weighted by molar-refractivity contribution is -0.187. The predicted octanol–water partition coefficient (Wildman–Crippen LogP) is 0.830. The van der Waals surface area contributed by atoms with Crippen molar-refractivity contribution in [2.24, 2.45) is 0 Å². The fraction of sp³-hybridized carbons (Fsp3) is 1.00. The summed E-state index contributed by atoms with van der Waals surface area (Å²) in [6.45, 7) is 3.89. The van der Waals surface area contributed by atoms with Gasteiger partial charge in [0.15, 0.2) is 0 Å². The Morgan fingerprint density at radius 2 is 0.895 bits per heavy atom. The van der Waals surface area contributed by atoms with Gasteiger partial charge in [0.25, 0.3) is 0 Å². The molecule has 0 aliphatic rings. The summed E-state index contributed by atoms with van der Waals surface area (Å²) in [5, 5.41) is 36.9. The molecule has 0 rings (SSSR count). The number of ether oxygens (including phenoxy) is 1. The van der Waals surface area contributed by atoms with E-state index in [9.17, 15) is 20.4 Å². The first-order chi connectivity index (χ1) is 9.07. The van der Waals surface area contributed by atoms with Crippen LogP contribution < -0.4 is 0 Å². The van der Waals surface area contributed by atoms with Crippen molar-refractivity contribution < 1.29 is 25.2 Å². The summed E-state index contributed by atoms with van der Waals surface area (Å²) >= 11 is 0. The van der Waals surface area contributed by atoms with Crippen molar-refractivity contribution in [1.29, 1.82) is 0 Å². The van der Waals surface area contributed by atoms with Crippen molar-refractivity contribution in [2.45, 2.75) is 63.6 Å². The third kappa shape index (κ3) is 5.75. The van der Waals surface area contributed by atoms with E-state index < -0.39 is 11.2 Å². The summed E-state index contributed by atoms with van der Waals surface area (Å²) in [5.74, 6) is 0. The van der Waals surface area contributed by atoms with Gasteiger partial charge in [0.2, 0.25) is 0 Å². The van der Waals surface area contributed by atoms with E-state index in [1.54, 1.807) is 0 Å². The van der Waals surface area contributed by atoms with Crippen molar-refractivity contribution in [2.75, 3.05) is 26.4 Å². The molecule has 0 amide bonds. The molecule has 0 saturated carbocycles. The fourth-order valence-corrected chi connectivity index (χ4v) is 2.58. The zero-order chi connectivity index (χ0) is 14.8. The van der Waals surface area contributed by atoms with Gasteiger partial charge < -0.3 is 25.2 Å². The Morgan fingerprint density at radius 1 is 0.632 bits per heavy atom. The second-order valence-corrected chi connectivity index (χ2v) is 5.07. The molecule has 19 heavy (non-hydrogen) atoms. The van der Waals surface area contributed by atoms with Crippen LogP contribution in [0.5, 0.6) is 0 Å². The molecule has 116 valence electrons. The van der Waals surface area contributed by atoms with Crippen molar-refractivity contribution in [3.05, 3.63) is 0 Å². The van der Waals surface area contributed by atoms with Crippen LogP contribution in [0.15, 0.2) is 0 Å². The lowest BCUT2D eigenvalue weighted by Gasteiger charge is -2.43. The van der Waals surface area contributed by atoms with E-state index in [4.69, 9.17) is 4.74 Å². The van der Waals surface area contributed by atoms with Gasteiger partial charge in [0.1, 0.15) is 0 Å². The Kier molecular flexibility index (Phi) is 9.56. The van der Waals surface area contributed by atoms with Crippen LogP contribution in [0.2, 0.25) is 0 Å². The Hall–Kier alpha value is -0.200. The number of hydrogen-bond donors (Lipinski definition) is 4. The van der Waals surface area contributed by atoms with Crippen molar-refractivity contribution in [3.63, 3.8) is 0 Å². The minimum atomic E-state index is -0.593. The third-order valence-corrected chi connectivity index (χ3v) is 3.99. The van der Waals surface area contributed by atoms with Crippen LogP contribution in [0.25, 0.3) is 0 Å². The second kappa shape index (κ2) is 9.66. The maximum absolute atomic E-state index is 9.23. The quantitative estimate of drug-likeness (QED) is 0.424. The molecule has 0 spiro atoms. The highest BCUT2D eigenvalue weighted by Crippen LogP contribution is 2.36. The number of aliphatic hydroxyl groups excluding tert-OH is 4. The maximum Gasteiger partial charge on any atom is 0.0731 e. The summed E-state index contributed by atoms with van der Waals surface area (Å²) in [6, 6.07) is 0. The molecule has 5 nitrogen and oxygen atoms in total. The molecule has 0 saturated heterocycles. The highest BCUT2D eigenvalue weighted by atomic mass is 16.5. The average Bonchev–Trinajstić information content (AvgIpc) is 2.39. The van der Waals surface area contributed by atoms with Gasteiger partial charge in [-0.3, -0.25) is 0 Å². The molecule has 0 unspecified atom stereocenters. The first-order valence-corrected chi connectivity index (χ1v) is 7.21. The van der Waals surface area contributed by atoms with E-state index in [1.165, 1.54) is 0 Å². The van der Waals surface area contributed by atoms with Crippen LogP contribution in [0.1, 0.15) is 52.4 Å². The summed E-state index contributed by atoms with van der Waals surface area (Å²) in [6.07, 6.45) is 3.14. The van der Waals surface area contributed by atoms with E-state index in [0.717, 1.165) is 0 Å². The van der Waals surface area contributed by atoms with Crippen LogP contribution in [0.3, 0.4) is 0 Å². The molecule has 0 fully saturated rings. The predicted molar refractivity (Wildman–Crippen MR) is 73.9 cm³/mol. The van der Waals surface area contributed by atoms with E-state index >= 15 is 0 Å². The number of aliphatic hydroxyl groups is 4. The minimum Gasteiger partial charge on any atom is -0.396 e. The first kappa shape index (κ1) is 18.8. The SMILES string of the molecule is CCC(CCO)(CCO)OC(CC)(CCO)CCO. The molecule has 0 aromatic rings. The van der Waals surface area contributed by atoms with Crippen molar-refractivity contribution in [3.8, 4) is 0 Å². The topological polar surface area (TPSA) is 90.2 Å². The van der Waals surface area contributed by atoms with E-state index in [-0.39, 0.29) is 26.4 Å². The molecule has 0 heterocycles. The third-order valence-electron chi connectivity index (χ3n) is 3.99. The van der Waals surface area contributed by atoms with Gasteiger partial charge in [0, 0.05) is 26.4 Å². The Morgan fingerprint density at radius 3 is 1.05 bits per heavy atom. The number of rotatable bonds is 12. The number of hydrogen-bond acceptors (Lipinski definition) is 5. The molecule has 0 aromatic carbocycles. The highest BCUT2D eigenvalue weighted by Gasteiger charge is 2.38. The lowest BCUT2D eigenvalue weighted by atomic mass is 9.87. The monoisotopic (exact) mass is 278 g/mol. The average molecular weight is 278 g/mol. The summed E-state index contributed by atoms with van der Waals surface area (Å²) in [4.78, 5) is 0. The van der Waals surface area contributed by atoms with Crippen molar-refractivity contribution in [1.82, 2.24) is 0 Å². The van der Waals surface area contributed by atoms with Gasteiger partial charge in [0.05, 0.1) is 11.2 Å². The van der Waals surface area contributed by atoms with Crippen LogP contribution >= 0.6 is 0 Å². The molecule has 0 atom stereocenters. The fourth-order valence-electron chi connectivity index (χ4n) is 2.58. The zero-order valence-corrected chi connectivity index (χ0v) is 12.3. The molecule has 0 aromatic heterocycles. The van der Waals surface area contributed by atoms with Gasteiger partial charge in [-0.25, -0.2) is 0 Å². The first-order valence-electron chi connectivity index (χ1n) is 7.21. The second-order valence-electron chi connectivity index (χ2n) is 5.07. The van der Waals surface area contributed by atoms with E-state index in [2.05, 4.69) is 0 Å². The van der Waals surface area contributed by atoms with Crippen LogP contribution in [-0.4, -0.2) is 58.1 Å². The Labute approximate surface area is 116 Å². The molecular weight excluding hydrogens is 248 g/mol.